The molecule has 192 valence electrons. The summed E-state index contributed by atoms with van der Waals surface area (Å²) in [5.74, 6) is 0.436. The molecule has 0 heterocycles. The smallest absolute Gasteiger partial charge is 0.124 e. The Morgan fingerprint density at radius 2 is 0.872 bits per heavy atom. The van der Waals surface area contributed by atoms with Gasteiger partial charge < -0.3 is 10.2 Å². The fourth-order valence-corrected chi connectivity index (χ4v) is 4.73. The maximum Gasteiger partial charge on any atom is 0.124 e. The van der Waals surface area contributed by atoms with Crippen molar-refractivity contribution in [3.63, 3.8) is 0 Å². The van der Waals surface area contributed by atoms with Gasteiger partial charge in [0.05, 0.1) is 11.1 Å². The van der Waals surface area contributed by atoms with Gasteiger partial charge in [-0.15, -0.1) is 0 Å². The van der Waals surface area contributed by atoms with E-state index >= 15 is 0 Å². The molecule has 0 saturated heterocycles. The van der Waals surface area contributed by atoms with E-state index in [2.05, 4.69) is 52.0 Å². The van der Waals surface area contributed by atoms with Crippen molar-refractivity contribution in [1.82, 2.24) is 0 Å². The topological polar surface area (TPSA) is 65.2 Å². The van der Waals surface area contributed by atoms with E-state index < -0.39 is 11.1 Å². The van der Waals surface area contributed by atoms with E-state index in [1.54, 1.807) is 24.6 Å². The molecule has 4 nitrogen and oxygen atoms in total. The van der Waals surface area contributed by atoms with Crippen LogP contribution in [0.3, 0.4) is 0 Å². The third-order valence-electron chi connectivity index (χ3n) is 7.23. The second-order valence-corrected chi connectivity index (χ2v) is 10.7. The summed E-state index contributed by atoms with van der Waals surface area (Å²) < 4.78 is 0. The van der Waals surface area contributed by atoms with Gasteiger partial charge in [-0.1, -0.05) is 84.9 Å². The molecule has 0 aliphatic heterocycles. The van der Waals surface area contributed by atoms with E-state index in [1.807, 2.05) is 60.7 Å². The molecule has 0 fully saturated rings. The fourth-order valence-electron chi connectivity index (χ4n) is 4.73. The third kappa shape index (κ3) is 5.79. The van der Waals surface area contributed by atoms with Gasteiger partial charge >= 0.3 is 0 Å². The van der Waals surface area contributed by atoms with Crippen molar-refractivity contribution >= 4 is 34.0 Å². The number of hydrogen-bond acceptors (Lipinski definition) is 4. The monoisotopic (exact) mass is 564 g/mol. The van der Waals surface area contributed by atoms with Crippen LogP contribution < -0.4 is 0 Å². The Kier molecular flexibility index (Phi) is 8.04. The summed E-state index contributed by atoms with van der Waals surface area (Å²) in [6, 6.07) is 31.6. The molecule has 5 rings (SSSR count). The molecule has 0 unspecified atom stereocenters. The number of nitrogens with zero attached hydrogens (tertiary/aromatic N) is 2. The molecular formula is C34H32N2O2Zn. The summed E-state index contributed by atoms with van der Waals surface area (Å²) >= 11 is 0. The Balaban J connectivity index is 0.00000353. The first-order valence-electron chi connectivity index (χ1n) is 12.8. The summed E-state index contributed by atoms with van der Waals surface area (Å²) in [5, 5.41) is 25.0. The van der Waals surface area contributed by atoms with Gasteiger partial charge in [0.25, 0.3) is 0 Å². The molecule has 0 aliphatic rings. The standard InChI is InChI=1S/C34H32N2O2.Zn/c1-33(2,35-21-29-27-11-7-5-9-23(27)13-19-31(29)37)25-15-17-26(18-16-25)34(3,4)36-22-30-28-12-8-6-10-24(28)14-20-32(30)38;/h5-22,37-38H,1-4H3;. The number of phenols is 2. The average Bonchev–Trinajstić information content (AvgIpc) is 2.92. The van der Waals surface area contributed by atoms with Crippen LogP contribution in [0.15, 0.2) is 107 Å². The molecule has 0 radical (unpaired) electrons. The summed E-state index contributed by atoms with van der Waals surface area (Å²) in [6.07, 6.45) is 3.55. The van der Waals surface area contributed by atoms with E-state index in [0.29, 0.717) is 0 Å². The third-order valence-corrected chi connectivity index (χ3v) is 7.23. The largest absolute Gasteiger partial charge is 0.507 e. The van der Waals surface area contributed by atoms with Gasteiger partial charge in [-0.3, -0.25) is 9.98 Å². The van der Waals surface area contributed by atoms with Gasteiger partial charge in [0, 0.05) is 43.0 Å². The molecular weight excluding hydrogens is 534 g/mol. The number of rotatable bonds is 6. The molecule has 0 aromatic heterocycles. The van der Waals surface area contributed by atoms with Crippen LogP contribution in [-0.2, 0) is 30.6 Å². The van der Waals surface area contributed by atoms with E-state index in [1.165, 1.54) is 0 Å². The van der Waals surface area contributed by atoms with E-state index in [-0.39, 0.29) is 31.0 Å². The average molecular weight is 566 g/mol. The number of aliphatic imine (C=N–C) groups is 2. The van der Waals surface area contributed by atoms with Gasteiger partial charge in [0.2, 0.25) is 0 Å². The fraction of sp³-hybridized carbons (Fsp3) is 0.176. The molecule has 0 spiro atoms. The number of hydrogen-bond donors (Lipinski definition) is 2. The Bertz CT molecular complexity index is 1560. The first kappa shape index (κ1) is 28.2. The zero-order chi connectivity index (χ0) is 26.9. The minimum Gasteiger partial charge on any atom is -0.507 e. The first-order valence-corrected chi connectivity index (χ1v) is 12.8. The van der Waals surface area contributed by atoms with Crippen molar-refractivity contribution < 1.29 is 29.7 Å². The van der Waals surface area contributed by atoms with Crippen molar-refractivity contribution in [3.8, 4) is 11.5 Å². The van der Waals surface area contributed by atoms with Gasteiger partial charge in [0.15, 0.2) is 0 Å². The van der Waals surface area contributed by atoms with Crippen LogP contribution in [0.25, 0.3) is 21.5 Å². The van der Waals surface area contributed by atoms with Crippen LogP contribution in [0, 0.1) is 0 Å². The molecule has 5 aromatic rings. The maximum atomic E-state index is 10.5. The summed E-state index contributed by atoms with van der Waals surface area (Å²) in [4.78, 5) is 9.74. The molecule has 39 heavy (non-hydrogen) atoms. The Labute approximate surface area is 242 Å². The Morgan fingerprint density at radius 1 is 0.513 bits per heavy atom. The number of fused-ring (bicyclic) bond motifs is 2. The summed E-state index contributed by atoms with van der Waals surface area (Å²) in [5.41, 5.74) is 2.57. The Morgan fingerprint density at radius 3 is 1.26 bits per heavy atom. The van der Waals surface area contributed by atoms with Crippen molar-refractivity contribution in [2.24, 2.45) is 9.98 Å². The molecule has 0 saturated carbocycles. The van der Waals surface area contributed by atoms with Crippen LogP contribution in [0.1, 0.15) is 49.9 Å². The number of benzene rings is 5. The van der Waals surface area contributed by atoms with Crippen LogP contribution in [0.2, 0.25) is 0 Å². The Hall–Kier alpha value is -3.82. The predicted octanol–water partition coefficient (Wildman–Crippen LogP) is 8.11. The molecule has 0 bridgehead atoms. The molecule has 0 atom stereocenters. The number of phenolic OH excluding ortho intramolecular Hbond substituents is 2. The minimum atomic E-state index is -0.496. The van der Waals surface area contributed by atoms with Gasteiger partial charge in [-0.05, 0) is 72.5 Å². The summed E-state index contributed by atoms with van der Waals surface area (Å²) in [6.45, 7) is 8.25. The SMILES string of the molecule is CC(C)(N=Cc1c(O)ccc2ccccc12)c1ccc(C(C)(C)N=Cc2c(O)ccc3ccccc23)cc1.[Zn]. The van der Waals surface area contributed by atoms with Crippen molar-refractivity contribution in [2.75, 3.05) is 0 Å². The van der Waals surface area contributed by atoms with E-state index in [4.69, 9.17) is 9.98 Å². The van der Waals surface area contributed by atoms with Crippen molar-refractivity contribution in [2.45, 2.75) is 38.8 Å². The quantitative estimate of drug-likeness (QED) is 0.161. The van der Waals surface area contributed by atoms with Crippen LogP contribution in [-0.4, -0.2) is 22.6 Å². The summed E-state index contributed by atoms with van der Waals surface area (Å²) in [7, 11) is 0. The van der Waals surface area contributed by atoms with Crippen LogP contribution in [0.4, 0.5) is 0 Å². The predicted molar refractivity (Wildman–Crippen MR) is 159 cm³/mol. The van der Waals surface area contributed by atoms with Crippen LogP contribution >= 0.6 is 0 Å². The first-order chi connectivity index (χ1) is 18.2. The number of aromatic hydroxyl groups is 2. The van der Waals surface area contributed by atoms with E-state index in [9.17, 15) is 10.2 Å². The van der Waals surface area contributed by atoms with Gasteiger partial charge in [-0.25, -0.2) is 0 Å². The van der Waals surface area contributed by atoms with Gasteiger partial charge in [0.1, 0.15) is 11.5 Å². The van der Waals surface area contributed by atoms with E-state index in [0.717, 1.165) is 43.8 Å². The zero-order valence-corrected chi connectivity index (χ0v) is 25.9. The van der Waals surface area contributed by atoms with Gasteiger partial charge in [-0.2, -0.15) is 0 Å². The van der Waals surface area contributed by atoms with Crippen molar-refractivity contribution in [3.05, 3.63) is 119 Å². The molecule has 5 aromatic carbocycles. The molecule has 5 heteroatoms. The second-order valence-electron chi connectivity index (χ2n) is 10.7. The molecule has 0 aliphatic carbocycles. The van der Waals surface area contributed by atoms with Crippen molar-refractivity contribution in [1.29, 1.82) is 0 Å². The maximum absolute atomic E-state index is 10.5. The minimum absolute atomic E-state index is 0. The molecule has 2 N–H and O–H groups in total. The molecule has 0 amide bonds. The zero-order valence-electron chi connectivity index (χ0n) is 22.9. The second kappa shape index (κ2) is 11.1. The van der Waals surface area contributed by atoms with Crippen LogP contribution in [0.5, 0.6) is 11.5 Å². The normalized spacial score (nSPS) is 12.4.